The number of nitriles is 1. The summed E-state index contributed by atoms with van der Waals surface area (Å²) in [6.07, 6.45) is 2.27. The molecular weight excluding hydrogens is 388 g/mol. The molecule has 1 amide bonds. The average Bonchev–Trinajstić information content (AvgIpc) is 2.41. The Balaban J connectivity index is 3.07. The summed E-state index contributed by atoms with van der Waals surface area (Å²) in [7, 11) is 0. The summed E-state index contributed by atoms with van der Waals surface area (Å²) in [5.41, 5.74) is 0.659. The third-order valence-corrected chi connectivity index (χ3v) is 3.91. The van der Waals surface area contributed by atoms with Gasteiger partial charge in [-0.2, -0.15) is 5.26 Å². The van der Waals surface area contributed by atoms with Gasteiger partial charge in [0.1, 0.15) is 17.4 Å². The van der Waals surface area contributed by atoms with Gasteiger partial charge in [-0.1, -0.05) is 6.92 Å². The molecule has 0 radical (unpaired) electrons. The lowest BCUT2D eigenvalue weighted by molar-refractivity contribution is -0.117. The molecule has 1 aromatic rings. The van der Waals surface area contributed by atoms with Gasteiger partial charge in [0.15, 0.2) is 0 Å². The number of amides is 1. The van der Waals surface area contributed by atoms with Gasteiger partial charge in [0.2, 0.25) is 0 Å². The van der Waals surface area contributed by atoms with Gasteiger partial charge in [0.25, 0.3) is 5.91 Å². The Kier molecular flexibility index (Phi) is 6.24. The summed E-state index contributed by atoms with van der Waals surface area (Å²) >= 11 is 6.41. The number of rotatable bonds is 4. The normalized spacial score (nSPS) is 12.7. The largest absolute Gasteiger partial charge is 0.506 e. The molecule has 0 aliphatic rings. The topological polar surface area (TPSA) is 73.1 Å². The molecule has 0 spiro atoms. The second kappa shape index (κ2) is 7.46. The van der Waals surface area contributed by atoms with E-state index in [1.54, 1.807) is 12.1 Å². The van der Waals surface area contributed by atoms with E-state index in [1.165, 1.54) is 6.08 Å². The van der Waals surface area contributed by atoms with E-state index in [1.807, 2.05) is 19.9 Å². The minimum Gasteiger partial charge on any atom is -0.506 e. The van der Waals surface area contributed by atoms with E-state index in [-0.39, 0.29) is 17.4 Å². The van der Waals surface area contributed by atoms with Gasteiger partial charge in [0.05, 0.1) is 8.95 Å². The summed E-state index contributed by atoms with van der Waals surface area (Å²) in [4.78, 5) is 11.9. The highest BCUT2D eigenvalue weighted by Gasteiger charge is 2.12. The Labute approximate surface area is 134 Å². The SMILES string of the molecule is CC[C@@H](C)NC(=O)/C(C#N)=C/c1cc(Br)c(O)c(Br)c1. The van der Waals surface area contributed by atoms with Crippen molar-refractivity contribution in [2.24, 2.45) is 0 Å². The molecule has 0 bridgehead atoms. The second-order valence-corrected chi connectivity index (χ2v) is 5.99. The van der Waals surface area contributed by atoms with Crippen LogP contribution >= 0.6 is 31.9 Å². The van der Waals surface area contributed by atoms with Crippen LogP contribution in [-0.4, -0.2) is 17.1 Å². The molecule has 1 aromatic carbocycles. The molecule has 2 N–H and O–H groups in total. The van der Waals surface area contributed by atoms with Crippen molar-refractivity contribution in [2.75, 3.05) is 0 Å². The van der Waals surface area contributed by atoms with Gasteiger partial charge in [-0.05, 0) is 69.0 Å². The first-order chi connectivity index (χ1) is 9.38. The van der Waals surface area contributed by atoms with Crippen molar-refractivity contribution in [1.82, 2.24) is 5.32 Å². The number of nitrogens with one attached hydrogen (secondary N) is 1. The van der Waals surface area contributed by atoms with Crippen LogP contribution in [0.5, 0.6) is 5.75 Å². The Morgan fingerprint density at radius 3 is 2.50 bits per heavy atom. The minimum atomic E-state index is -0.401. The fraction of sp³-hybridized carbons (Fsp3) is 0.286. The predicted molar refractivity (Wildman–Crippen MR) is 85.0 cm³/mol. The quantitative estimate of drug-likeness (QED) is 0.596. The lowest BCUT2D eigenvalue weighted by atomic mass is 10.1. The van der Waals surface area contributed by atoms with Crippen molar-refractivity contribution >= 4 is 43.8 Å². The molecule has 0 unspecified atom stereocenters. The van der Waals surface area contributed by atoms with E-state index in [9.17, 15) is 9.90 Å². The molecule has 0 aromatic heterocycles. The predicted octanol–water partition coefficient (Wildman–Crippen LogP) is 3.74. The number of aromatic hydroxyl groups is 1. The molecule has 1 rings (SSSR count). The maximum atomic E-state index is 11.9. The molecule has 0 saturated heterocycles. The van der Waals surface area contributed by atoms with Crippen LogP contribution in [0.2, 0.25) is 0 Å². The standard InChI is InChI=1S/C14H14Br2N2O2/c1-3-8(2)18-14(20)10(7-17)4-9-5-11(15)13(19)12(16)6-9/h4-6,8,19H,3H2,1-2H3,(H,18,20)/b10-4+/t8-/m1/s1. The van der Waals surface area contributed by atoms with Crippen molar-refractivity contribution in [3.8, 4) is 11.8 Å². The number of halogens is 2. The van der Waals surface area contributed by atoms with Crippen molar-refractivity contribution in [3.05, 3.63) is 32.2 Å². The number of hydrogen-bond acceptors (Lipinski definition) is 3. The minimum absolute atomic E-state index is 0.0116. The first-order valence-corrected chi connectivity index (χ1v) is 7.58. The highest BCUT2D eigenvalue weighted by molar-refractivity contribution is 9.11. The summed E-state index contributed by atoms with van der Waals surface area (Å²) in [5, 5.41) is 21.4. The van der Waals surface area contributed by atoms with Gasteiger partial charge < -0.3 is 10.4 Å². The molecule has 0 fully saturated rings. The number of phenolic OH excluding ortho intramolecular Hbond substituents is 1. The Morgan fingerprint density at radius 2 is 2.05 bits per heavy atom. The number of carbonyl (C=O) groups excluding carboxylic acids is 1. The Hall–Kier alpha value is -1.32. The zero-order valence-corrected chi connectivity index (χ0v) is 14.2. The van der Waals surface area contributed by atoms with Crippen LogP contribution in [0.1, 0.15) is 25.8 Å². The molecular formula is C14H14Br2N2O2. The van der Waals surface area contributed by atoms with Crippen molar-refractivity contribution in [2.45, 2.75) is 26.3 Å². The van der Waals surface area contributed by atoms with Crippen LogP contribution in [0.4, 0.5) is 0 Å². The molecule has 20 heavy (non-hydrogen) atoms. The van der Waals surface area contributed by atoms with E-state index in [0.29, 0.717) is 14.5 Å². The van der Waals surface area contributed by atoms with Gasteiger partial charge >= 0.3 is 0 Å². The van der Waals surface area contributed by atoms with E-state index in [2.05, 4.69) is 37.2 Å². The Morgan fingerprint density at radius 1 is 1.50 bits per heavy atom. The molecule has 0 aliphatic carbocycles. The van der Waals surface area contributed by atoms with E-state index in [4.69, 9.17) is 5.26 Å². The van der Waals surface area contributed by atoms with Crippen molar-refractivity contribution < 1.29 is 9.90 Å². The number of carbonyl (C=O) groups is 1. The van der Waals surface area contributed by atoms with E-state index in [0.717, 1.165) is 6.42 Å². The molecule has 0 heterocycles. The fourth-order valence-electron chi connectivity index (χ4n) is 1.39. The lowest BCUT2D eigenvalue weighted by Crippen LogP contribution is -2.32. The molecule has 0 aliphatic heterocycles. The van der Waals surface area contributed by atoms with Gasteiger partial charge in [0, 0.05) is 6.04 Å². The maximum Gasteiger partial charge on any atom is 0.262 e. The summed E-state index contributed by atoms with van der Waals surface area (Å²) < 4.78 is 0.968. The fourth-order valence-corrected chi connectivity index (χ4v) is 2.61. The van der Waals surface area contributed by atoms with Gasteiger partial charge in [-0.3, -0.25) is 4.79 Å². The van der Waals surface area contributed by atoms with Crippen LogP contribution in [0.3, 0.4) is 0 Å². The van der Waals surface area contributed by atoms with Crippen LogP contribution in [0.25, 0.3) is 6.08 Å². The molecule has 0 saturated carbocycles. The molecule has 106 valence electrons. The highest BCUT2D eigenvalue weighted by atomic mass is 79.9. The van der Waals surface area contributed by atoms with Crippen LogP contribution in [-0.2, 0) is 4.79 Å². The van der Waals surface area contributed by atoms with Crippen molar-refractivity contribution in [3.63, 3.8) is 0 Å². The van der Waals surface area contributed by atoms with Crippen LogP contribution in [0.15, 0.2) is 26.7 Å². The number of nitrogens with zero attached hydrogens (tertiary/aromatic N) is 1. The van der Waals surface area contributed by atoms with E-state index >= 15 is 0 Å². The third kappa shape index (κ3) is 4.36. The zero-order chi connectivity index (χ0) is 15.3. The summed E-state index contributed by atoms with van der Waals surface area (Å²) in [5.74, 6) is -0.327. The van der Waals surface area contributed by atoms with Crippen LogP contribution in [0, 0.1) is 11.3 Å². The van der Waals surface area contributed by atoms with E-state index < -0.39 is 5.91 Å². The number of hydrogen-bond donors (Lipinski definition) is 2. The molecule has 6 heteroatoms. The number of benzene rings is 1. The molecule has 1 atom stereocenters. The van der Waals surface area contributed by atoms with Gasteiger partial charge in [-0.25, -0.2) is 0 Å². The maximum absolute atomic E-state index is 11.9. The number of phenols is 1. The second-order valence-electron chi connectivity index (χ2n) is 4.29. The molecule has 4 nitrogen and oxygen atoms in total. The lowest BCUT2D eigenvalue weighted by Gasteiger charge is -2.10. The van der Waals surface area contributed by atoms with Crippen LogP contribution < -0.4 is 5.32 Å². The Bertz CT molecular complexity index is 568. The first-order valence-electron chi connectivity index (χ1n) is 5.99. The summed E-state index contributed by atoms with van der Waals surface area (Å²) in [6.45, 7) is 3.83. The average molecular weight is 402 g/mol. The first kappa shape index (κ1) is 16.7. The highest BCUT2D eigenvalue weighted by Crippen LogP contribution is 2.33. The monoisotopic (exact) mass is 400 g/mol. The smallest absolute Gasteiger partial charge is 0.262 e. The van der Waals surface area contributed by atoms with Crippen molar-refractivity contribution in [1.29, 1.82) is 5.26 Å². The summed E-state index contributed by atoms with van der Waals surface area (Å²) in [6, 6.07) is 5.17. The van der Waals surface area contributed by atoms with Gasteiger partial charge in [-0.15, -0.1) is 0 Å². The third-order valence-electron chi connectivity index (χ3n) is 2.71. The zero-order valence-electron chi connectivity index (χ0n) is 11.1.